The number of amides is 3. The van der Waals surface area contributed by atoms with Crippen LogP contribution in [0.2, 0.25) is 10.0 Å². The fraction of sp³-hybridized carbons (Fsp3) is 0.200. The minimum absolute atomic E-state index is 0.00518. The normalized spacial score (nSPS) is 13.5. The van der Waals surface area contributed by atoms with Crippen molar-refractivity contribution in [2.24, 2.45) is 0 Å². The zero-order valence-electron chi connectivity index (χ0n) is 41.4. The molecule has 0 aliphatic heterocycles. The lowest BCUT2D eigenvalue weighted by Crippen LogP contribution is -2.59. The Labute approximate surface area is 489 Å². The number of carboxylic acid groups (broad SMARTS) is 1. The van der Waals surface area contributed by atoms with E-state index < -0.39 is 125 Å². The van der Waals surface area contributed by atoms with Crippen LogP contribution in [0.25, 0.3) is 0 Å². The summed E-state index contributed by atoms with van der Waals surface area (Å²) in [6.07, 6.45) is -27.3. The number of methoxy groups -OCH3 is 2. The van der Waals surface area contributed by atoms with E-state index in [-0.39, 0.29) is 69.4 Å². The molecule has 6 aromatic carbocycles. The number of nitrogens with one attached hydrogen (secondary N) is 3. The van der Waals surface area contributed by atoms with Crippen LogP contribution >= 0.6 is 55.1 Å². The summed E-state index contributed by atoms with van der Waals surface area (Å²) in [6.45, 7) is 0. The van der Waals surface area contributed by atoms with Gasteiger partial charge < -0.3 is 36.3 Å². The number of anilines is 4. The van der Waals surface area contributed by atoms with Gasteiger partial charge in [0.25, 0.3) is 17.7 Å². The Morgan fingerprint density at radius 1 is 0.471 bits per heavy atom. The monoisotopic (exact) mass is 1410 g/mol. The number of hydrogen-bond acceptors (Lipinski definition) is 7. The first-order valence-electron chi connectivity index (χ1n) is 22.0. The molecule has 35 heteroatoms. The van der Waals surface area contributed by atoms with Gasteiger partial charge in [-0.15, -0.1) is 0 Å². The van der Waals surface area contributed by atoms with Crippen molar-refractivity contribution in [1.82, 2.24) is 0 Å². The predicted molar refractivity (Wildman–Crippen MR) is 272 cm³/mol. The van der Waals surface area contributed by atoms with Gasteiger partial charge in [-0.05, 0) is 105 Å². The SMILES string of the molecule is COc1c(N)cccc1C(=O)Nc1c(Cl)cc(C(F)(C(F)(F)F)C(F)(F)C(F)(F)F)cc1Br.COc1c(NC(=O)c2ccccc2F)cccc1C(=O)Nc1c(Cl)cc(C(F)(C(F)(F)F)C(F)(F)C(F)(F)F)cc1Br.O=C(O)c1ccccc1F. The fourth-order valence-corrected chi connectivity index (χ4v) is 8.93. The summed E-state index contributed by atoms with van der Waals surface area (Å²) in [5.41, 5.74) is -13.6. The van der Waals surface area contributed by atoms with Crippen molar-refractivity contribution in [3.05, 3.63) is 173 Å². The topological polar surface area (TPSA) is 169 Å². The number of carboxylic acids is 1. The quantitative estimate of drug-likeness (QED) is 0.0562. The zero-order valence-corrected chi connectivity index (χ0v) is 46.1. The maximum atomic E-state index is 14.9. The van der Waals surface area contributed by atoms with Crippen molar-refractivity contribution in [2.75, 3.05) is 35.9 Å². The number of rotatable bonds is 13. The van der Waals surface area contributed by atoms with Crippen molar-refractivity contribution in [3.8, 4) is 11.5 Å². The third-order valence-corrected chi connectivity index (χ3v) is 13.0. The number of hydrogen-bond donors (Lipinski definition) is 5. The minimum Gasteiger partial charge on any atom is -0.494 e. The van der Waals surface area contributed by atoms with Crippen LogP contribution in [0.1, 0.15) is 52.6 Å². The van der Waals surface area contributed by atoms with Crippen molar-refractivity contribution in [3.63, 3.8) is 0 Å². The second-order valence-electron chi connectivity index (χ2n) is 16.5. The maximum absolute atomic E-state index is 14.9. The molecule has 0 bridgehead atoms. The van der Waals surface area contributed by atoms with Crippen molar-refractivity contribution >= 4 is 102 Å². The van der Waals surface area contributed by atoms with Gasteiger partial charge in [-0.25, -0.2) is 22.4 Å². The molecule has 2 unspecified atom stereocenters. The van der Waals surface area contributed by atoms with E-state index in [1.54, 1.807) is 0 Å². The molecular weight excluding hydrogens is 1380 g/mol. The molecule has 0 heterocycles. The van der Waals surface area contributed by atoms with Gasteiger partial charge >= 0.3 is 53.9 Å². The van der Waals surface area contributed by atoms with Gasteiger partial charge in [0.05, 0.1) is 69.3 Å². The summed E-state index contributed by atoms with van der Waals surface area (Å²) in [5.74, 6) is -20.1. The largest absolute Gasteiger partial charge is 0.494 e. The third-order valence-electron chi connectivity index (χ3n) is 11.1. The summed E-state index contributed by atoms with van der Waals surface area (Å²) in [4.78, 5) is 48.3. The van der Waals surface area contributed by atoms with Crippen LogP contribution in [0.3, 0.4) is 0 Å². The van der Waals surface area contributed by atoms with Crippen LogP contribution in [0.15, 0.2) is 118 Å². The number of aromatic carboxylic acids is 1. The molecule has 0 radical (unpaired) electrons. The highest BCUT2D eigenvalue weighted by Crippen LogP contribution is 2.61. The average molecular weight is 1410 g/mol. The van der Waals surface area contributed by atoms with E-state index >= 15 is 0 Å². The molecule has 6 N–H and O–H groups in total. The number of nitrogens with two attached hydrogens (primary N) is 1. The molecular formula is C50H30Br2Cl2F20N4O7. The number of para-hydroxylation sites is 2. The van der Waals surface area contributed by atoms with E-state index in [0.717, 1.165) is 25.3 Å². The van der Waals surface area contributed by atoms with Gasteiger partial charge in [-0.1, -0.05) is 59.6 Å². The number of carbonyl (C=O) groups is 4. The summed E-state index contributed by atoms with van der Waals surface area (Å²) < 4.78 is 276. The van der Waals surface area contributed by atoms with Gasteiger partial charge in [-0.3, -0.25) is 14.4 Å². The standard InChI is InChI=1S/C25H14BrClF10N2O3.C18H11BrClF9N2O2.C7H5FO2/c1-42-19-13(6-4-8-17(19)38-20(40)12-5-2-3-7-16(12)28)21(41)39-18-14(26)9-11(10-15(18)27)22(29,24(32,33)34)23(30,31)25(35,36)37;1-33-13-8(3-2-4-11(13)30)14(32)31-12-9(19)5-7(6-10(12)20)15(21,17(24,25)26)16(22,23)18(27,28)29;8-6-4-2-1-3-5(6)7(9)10/h2-10H,1H3,(H,38,40)(H,39,41);2-6H,30H2,1H3,(H,31,32);1-4H,(H,9,10). The highest BCUT2D eigenvalue weighted by Gasteiger charge is 2.83. The molecule has 6 rings (SSSR count). The van der Waals surface area contributed by atoms with Gasteiger partial charge in [0.2, 0.25) is 0 Å². The number of alkyl halides is 18. The molecule has 460 valence electrons. The molecule has 2 atom stereocenters. The van der Waals surface area contributed by atoms with Gasteiger partial charge in [-0.2, -0.15) is 70.2 Å². The molecule has 0 fully saturated rings. The van der Waals surface area contributed by atoms with Crippen LogP contribution in [-0.2, 0) is 11.3 Å². The Kier molecular flexibility index (Phi) is 21.6. The summed E-state index contributed by atoms with van der Waals surface area (Å²) in [7, 11) is 2.26. The van der Waals surface area contributed by atoms with E-state index in [9.17, 15) is 107 Å². The smallest absolute Gasteiger partial charge is 0.457 e. The third kappa shape index (κ3) is 14.4. The molecule has 0 saturated heterocycles. The first kappa shape index (κ1) is 70.2. The zero-order chi connectivity index (χ0) is 65.0. The molecule has 3 amide bonds. The Hall–Kier alpha value is -7.26. The summed E-state index contributed by atoms with van der Waals surface area (Å²) in [6, 6.07) is 17.5. The first-order chi connectivity index (χ1) is 38.9. The van der Waals surface area contributed by atoms with Crippen molar-refractivity contribution in [1.29, 1.82) is 0 Å². The lowest BCUT2D eigenvalue weighted by molar-refractivity contribution is -0.389. The van der Waals surface area contributed by atoms with Gasteiger partial charge in [0, 0.05) is 20.1 Å². The molecule has 0 aromatic heterocycles. The lowest BCUT2D eigenvalue weighted by atomic mass is 9.87. The van der Waals surface area contributed by atoms with E-state index in [4.69, 9.17) is 43.5 Å². The number of carbonyl (C=O) groups excluding carboxylic acids is 3. The van der Waals surface area contributed by atoms with E-state index in [2.05, 4.69) is 47.8 Å². The Balaban J connectivity index is 0.000000319. The summed E-state index contributed by atoms with van der Waals surface area (Å²) in [5, 5.41) is 12.8. The molecule has 0 aliphatic carbocycles. The molecule has 6 aromatic rings. The van der Waals surface area contributed by atoms with Crippen LogP contribution < -0.4 is 31.2 Å². The number of ether oxygens (including phenoxy) is 2. The lowest BCUT2D eigenvalue weighted by Gasteiger charge is -2.36. The average Bonchev–Trinajstić information content (AvgIpc) is 1.55. The van der Waals surface area contributed by atoms with E-state index in [1.807, 2.05) is 0 Å². The number of benzene rings is 6. The number of halogens is 24. The van der Waals surface area contributed by atoms with Crippen LogP contribution in [-0.4, -0.2) is 79.6 Å². The highest BCUT2D eigenvalue weighted by molar-refractivity contribution is 9.11. The molecule has 0 spiro atoms. The Bertz CT molecular complexity index is 3450. The molecule has 0 aliphatic rings. The number of nitrogen functional groups attached to an aromatic ring is 1. The van der Waals surface area contributed by atoms with Crippen LogP contribution in [0.4, 0.5) is 111 Å². The fourth-order valence-electron chi connectivity index (χ4n) is 7.05. The molecule has 0 saturated carbocycles. The van der Waals surface area contributed by atoms with Crippen molar-refractivity contribution < 1.29 is 122 Å². The first-order valence-corrected chi connectivity index (χ1v) is 24.4. The van der Waals surface area contributed by atoms with Crippen molar-refractivity contribution in [2.45, 2.75) is 47.9 Å². The minimum atomic E-state index is -6.95. The molecule has 11 nitrogen and oxygen atoms in total. The predicted octanol–water partition coefficient (Wildman–Crippen LogP) is 17.1. The van der Waals surface area contributed by atoms with Crippen LogP contribution in [0, 0.1) is 11.6 Å². The van der Waals surface area contributed by atoms with E-state index in [1.165, 1.54) is 73.8 Å². The van der Waals surface area contributed by atoms with Gasteiger partial charge in [0.1, 0.15) is 11.6 Å². The second kappa shape index (κ2) is 26.2. The van der Waals surface area contributed by atoms with E-state index in [0.29, 0.717) is 0 Å². The maximum Gasteiger partial charge on any atom is 0.457 e. The van der Waals surface area contributed by atoms with Crippen LogP contribution in [0.5, 0.6) is 11.5 Å². The molecule has 85 heavy (non-hydrogen) atoms. The van der Waals surface area contributed by atoms with Gasteiger partial charge in [0.15, 0.2) is 11.5 Å². The highest BCUT2D eigenvalue weighted by atomic mass is 79.9. The second-order valence-corrected chi connectivity index (χ2v) is 19.1. The summed E-state index contributed by atoms with van der Waals surface area (Å²) >= 11 is 16.8. The Morgan fingerprint density at radius 2 is 0.812 bits per heavy atom. The Morgan fingerprint density at radius 3 is 1.14 bits per heavy atom.